The number of carbonyl (C=O) groups excluding carboxylic acids is 1. The first-order valence-corrected chi connectivity index (χ1v) is 12.2. The normalized spacial score (nSPS) is 14.3. The van der Waals surface area contributed by atoms with Gasteiger partial charge in [0.2, 0.25) is 0 Å². The number of carbonyl (C=O) groups is 1. The van der Waals surface area contributed by atoms with Gasteiger partial charge in [0, 0.05) is 40.7 Å². The Balaban J connectivity index is 1.69. The van der Waals surface area contributed by atoms with Crippen molar-refractivity contribution in [2.75, 3.05) is 13.1 Å². The van der Waals surface area contributed by atoms with Gasteiger partial charge in [0.05, 0.1) is 16.4 Å². The van der Waals surface area contributed by atoms with Crippen LogP contribution in [0.5, 0.6) is 0 Å². The Morgan fingerprint density at radius 1 is 1.00 bits per heavy atom. The van der Waals surface area contributed by atoms with E-state index < -0.39 is 0 Å². The number of H-pyrrole nitrogens is 1. The lowest BCUT2D eigenvalue weighted by atomic mass is 10.0. The van der Waals surface area contributed by atoms with Crippen molar-refractivity contribution in [1.82, 2.24) is 40.8 Å². The van der Waals surface area contributed by atoms with E-state index >= 15 is 0 Å². The summed E-state index contributed by atoms with van der Waals surface area (Å²) in [6.45, 7) is 1.58. The first-order chi connectivity index (χ1) is 17.0. The molecule has 1 aliphatic heterocycles. The van der Waals surface area contributed by atoms with E-state index in [1.165, 1.54) is 0 Å². The number of nitrogens with one attached hydrogen (secondary N) is 2. The van der Waals surface area contributed by atoms with Gasteiger partial charge in [-0.1, -0.05) is 58.6 Å². The third kappa shape index (κ3) is 5.18. The zero-order valence-electron chi connectivity index (χ0n) is 18.5. The molecule has 5 rings (SSSR count). The lowest BCUT2D eigenvalue weighted by Gasteiger charge is -2.26. The highest BCUT2D eigenvalue weighted by Crippen LogP contribution is 2.34. The molecular formula is C23H21Cl3N8O. The second kappa shape index (κ2) is 10.3. The molecule has 1 amide bonds. The maximum Gasteiger partial charge on any atom is 0.286 e. The lowest BCUT2D eigenvalue weighted by molar-refractivity contribution is 0.0743. The molecule has 35 heavy (non-hydrogen) atoms. The van der Waals surface area contributed by atoms with Crippen molar-refractivity contribution >= 4 is 40.7 Å². The maximum absolute atomic E-state index is 13.5. The van der Waals surface area contributed by atoms with E-state index in [2.05, 4.69) is 26.0 Å². The maximum atomic E-state index is 13.5. The molecule has 0 atom stereocenters. The minimum atomic E-state index is -0.315. The fourth-order valence-electron chi connectivity index (χ4n) is 4.15. The number of benzene rings is 2. The SMILES string of the molecule is O=C(NN1CCCCC1)c1nn(-c2ccc(Cl)cc2Cl)c(-c2ccc(Cl)cc2)c1Cc1nn[nH]n1. The summed E-state index contributed by atoms with van der Waals surface area (Å²) in [5.41, 5.74) is 5.93. The molecule has 12 heteroatoms. The van der Waals surface area contributed by atoms with Crippen LogP contribution >= 0.6 is 34.8 Å². The van der Waals surface area contributed by atoms with Gasteiger partial charge in [-0.2, -0.15) is 10.3 Å². The van der Waals surface area contributed by atoms with Gasteiger partial charge in [-0.25, -0.2) is 9.69 Å². The van der Waals surface area contributed by atoms with Gasteiger partial charge in [0.15, 0.2) is 11.5 Å². The molecule has 9 nitrogen and oxygen atoms in total. The van der Waals surface area contributed by atoms with Gasteiger partial charge in [-0.15, -0.1) is 10.2 Å². The molecule has 3 heterocycles. The van der Waals surface area contributed by atoms with Crippen molar-refractivity contribution in [3.63, 3.8) is 0 Å². The van der Waals surface area contributed by atoms with Crippen LogP contribution in [0, 0.1) is 0 Å². The Morgan fingerprint density at radius 2 is 1.74 bits per heavy atom. The summed E-state index contributed by atoms with van der Waals surface area (Å²) in [5.74, 6) is 0.110. The number of rotatable bonds is 6. The van der Waals surface area contributed by atoms with E-state index in [0.29, 0.717) is 37.8 Å². The number of halogens is 3. The molecule has 1 aliphatic rings. The van der Waals surface area contributed by atoms with E-state index in [4.69, 9.17) is 39.9 Å². The summed E-state index contributed by atoms with van der Waals surface area (Å²) >= 11 is 18.9. The minimum Gasteiger partial charge on any atom is -0.283 e. The Bertz CT molecular complexity index is 1330. The predicted octanol–water partition coefficient (Wildman–Crippen LogP) is 4.73. The van der Waals surface area contributed by atoms with Crippen molar-refractivity contribution in [2.24, 2.45) is 0 Å². The molecule has 0 radical (unpaired) electrons. The number of hydrogen-bond donors (Lipinski definition) is 2. The van der Waals surface area contributed by atoms with Crippen LogP contribution in [0.15, 0.2) is 42.5 Å². The van der Waals surface area contributed by atoms with E-state index in [1.807, 2.05) is 17.1 Å². The fourth-order valence-corrected chi connectivity index (χ4v) is 4.76. The number of piperidine rings is 1. The van der Waals surface area contributed by atoms with E-state index in [9.17, 15) is 4.79 Å². The summed E-state index contributed by atoms with van der Waals surface area (Å²) in [6, 6.07) is 12.4. The number of amides is 1. The highest BCUT2D eigenvalue weighted by molar-refractivity contribution is 6.35. The Labute approximate surface area is 216 Å². The highest BCUT2D eigenvalue weighted by atomic mass is 35.5. The molecular weight excluding hydrogens is 511 g/mol. The lowest BCUT2D eigenvalue weighted by Crippen LogP contribution is -2.45. The molecule has 2 aromatic heterocycles. The van der Waals surface area contributed by atoms with Crippen LogP contribution in [0.1, 0.15) is 41.1 Å². The Morgan fingerprint density at radius 3 is 2.43 bits per heavy atom. The molecule has 0 aliphatic carbocycles. The third-order valence-electron chi connectivity index (χ3n) is 5.79. The standard InChI is InChI=1S/C23H21Cl3N8O/c24-15-6-4-14(5-7-15)22-17(13-20-27-31-32-28-20)21(23(35)30-33-10-2-1-3-11-33)29-34(22)19-9-8-16(25)12-18(19)26/h4-9,12H,1-3,10-11,13H2,(H,30,35)(H,27,28,31,32). The van der Waals surface area contributed by atoms with Gasteiger partial charge in [0.25, 0.3) is 5.91 Å². The van der Waals surface area contributed by atoms with E-state index in [1.54, 1.807) is 35.0 Å². The Kier molecular flexibility index (Phi) is 7.01. The summed E-state index contributed by atoms with van der Waals surface area (Å²) in [5, 5.41) is 22.5. The van der Waals surface area contributed by atoms with Crippen molar-refractivity contribution in [1.29, 1.82) is 0 Å². The first-order valence-electron chi connectivity index (χ1n) is 11.1. The number of aromatic amines is 1. The molecule has 0 bridgehead atoms. The molecule has 1 fully saturated rings. The molecule has 0 saturated carbocycles. The zero-order valence-corrected chi connectivity index (χ0v) is 20.8. The van der Waals surface area contributed by atoms with Gasteiger partial charge >= 0.3 is 0 Å². The molecule has 0 spiro atoms. The first kappa shape index (κ1) is 23.7. The number of aromatic nitrogens is 6. The molecule has 0 unspecified atom stereocenters. The van der Waals surface area contributed by atoms with Gasteiger partial charge in [0.1, 0.15) is 0 Å². The number of tetrazole rings is 1. The number of hydrazine groups is 1. The summed E-state index contributed by atoms with van der Waals surface area (Å²) in [4.78, 5) is 13.5. The fraction of sp³-hybridized carbons (Fsp3) is 0.261. The monoisotopic (exact) mass is 530 g/mol. The van der Waals surface area contributed by atoms with Crippen molar-refractivity contribution in [2.45, 2.75) is 25.7 Å². The smallest absolute Gasteiger partial charge is 0.283 e. The van der Waals surface area contributed by atoms with Crippen molar-refractivity contribution < 1.29 is 4.79 Å². The van der Waals surface area contributed by atoms with E-state index in [0.717, 1.165) is 37.9 Å². The summed E-state index contributed by atoms with van der Waals surface area (Å²) in [6.07, 6.45) is 3.43. The van der Waals surface area contributed by atoms with Crippen LogP contribution in [0.3, 0.4) is 0 Å². The van der Waals surface area contributed by atoms with Gasteiger partial charge < -0.3 is 0 Å². The third-order valence-corrected chi connectivity index (χ3v) is 6.58. The average Bonchev–Trinajstić information content (AvgIpc) is 3.49. The quantitative estimate of drug-likeness (QED) is 0.373. The zero-order chi connectivity index (χ0) is 24.4. The second-order valence-corrected chi connectivity index (χ2v) is 9.46. The van der Waals surface area contributed by atoms with Gasteiger partial charge in [-0.05, 0) is 43.2 Å². The number of hydrogen-bond acceptors (Lipinski definition) is 6. The second-order valence-electron chi connectivity index (χ2n) is 8.18. The average molecular weight is 532 g/mol. The van der Waals surface area contributed by atoms with Crippen molar-refractivity contribution in [3.05, 3.63) is 74.6 Å². The highest BCUT2D eigenvalue weighted by Gasteiger charge is 2.28. The molecule has 2 N–H and O–H groups in total. The Hall–Kier alpha value is -2.98. The minimum absolute atomic E-state index is 0.225. The van der Waals surface area contributed by atoms with Crippen molar-refractivity contribution in [3.8, 4) is 16.9 Å². The predicted molar refractivity (Wildman–Crippen MR) is 134 cm³/mol. The van der Waals surface area contributed by atoms with Crippen LogP contribution in [0.2, 0.25) is 15.1 Å². The van der Waals surface area contributed by atoms with Crippen LogP contribution in [0.4, 0.5) is 0 Å². The topological polar surface area (TPSA) is 105 Å². The summed E-state index contributed by atoms with van der Waals surface area (Å²) in [7, 11) is 0. The molecule has 2 aromatic carbocycles. The van der Waals surface area contributed by atoms with Crippen LogP contribution in [0.25, 0.3) is 16.9 Å². The molecule has 1 saturated heterocycles. The van der Waals surface area contributed by atoms with Crippen LogP contribution < -0.4 is 5.43 Å². The summed E-state index contributed by atoms with van der Waals surface area (Å²) < 4.78 is 1.66. The number of nitrogens with zero attached hydrogens (tertiary/aromatic N) is 6. The molecule has 180 valence electrons. The van der Waals surface area contributed by atoms with Crippen LogP contribution in [-0.2, 0) is 6.42 Å². The largest absolute Gasteiger partial charge is 0.286 e. The van der Waals surface area contributed by atoms with Crippen LogP contribution in [-0.4, -0.2) is 54.4 Å². The van der Waals surface area contributed by atoms with Gasteiger partial charge in [-0.3, -0.25) is 10.2 Å². The molecule has 4 aromatic rings. The van der Waals surface area contributed by atoms with E-state index in [-0.39, 0.29) is 18.0 Å².